The first-order chi connectivity index (χ1) is 25.1. The summed E-state index contributed by atoms with van der Waals surface area (Å²) in [4.78, 5) is 45.6. The van der Waals surface area contributed by atoms with Crippen molar-refractivity contribution in [2.75, 3.05) is 19.6 Å². The topological polar surface area (TPSA) is 267 Å². The van der Waals surface area contributed by atoms with E-state index in [2.05, 4.69) is 60.0 Å². The molecule has 19 nitrogen and oxygen atoms in total. The smallest absolute Gasteiger partial charge is 0.327 e. The second-order valence-electron chi connectivity index (χ2n) is 18.7. The monoisotopic (exact) mass is 882 g/mol. The number of carboxylic acid groups (broad SMARTS) is 1. The van der Waals surface area contributed by atoms with Crippen LogP contribution in [0.2, 0.25) is 0 Å². The molecule has 0 fully saturated rings. The lowest BCUT2D eigenvalue weighted by atomic mass is 9.92. The third-order valence-corrected chi connectivity index (χ3v) is 12.1. The molecule has 59 heavy (non-hydrogen) atoms. The number of Topliss-reactive ketones (excluding diaryl/α,β-unsaturated/α-hetero) is 2. The van der Waals surface area contributed by atoms with Crippen LogP contribution in [0.25, 0.3) is 0 Å². The van der Waals surface area contributed by atoms with Crippen molar-refractivity contribution in [3.05, 3.63) is 11.6 Å². The average Bonchev–Trinajstić information content (AvgIpc) is 3.74. The van der Waals surface area contributed by atoms with Crippen molar-refractivity contribution in [1.29, 1.82) is 0 Å². The minimum absolute atomic E-state index is 0. The van der Waals surface area contributed by atoms with Crippen molar-refractivity contribution >= 4 is 40.6 Å². The van der Waals surface area contributed by atoms with E-state index in [9.17, 15) is 27.4 Å². The molecule has 0 amide bonds. The number of sulfone groups is 1. The van der Waals surface area contributed by atoms with E-state index in [1.165, 1.54) is 19.8 Å². The van der Waals surface area contributed by atoms with Crippen molar-refractivity contribution < 1.29 is 37.4 Å². The number of amidine groups is 1. The fourth-order valence-electron chi connectivity index (χ4n) is 2.33. The molecule has 0 aromatic carbocycles. The Bertz CT molecular complexity index is 1780. The van der Waals surface area contributed by atoms with Crippen LogP contribution in [-0.2, 0) is 52.7 Å². The van der Waals surface area contributed by atoms with Crippen LogP contribution in [0.3, 0.4) is 0 Å². The lowest BCUT2D eigenvalue weighted by Crippen LogP contribution is -2.26. The van der Waals surface area contributed by atoms with Gasteiger partial charge < -0.3 is 10.00 Å². The van der Waals surface area contributed by atoms with E-state index in [1.54, 1.807) is 53.1 Å². The summed E-state index contributed by atoms with van der Waals surface area (Å²) < 4.78 is 33.1. The summed E-state index contributed by atoms with van der Waals surface area (Å²) in [5, 5.41) is 38.0. The Hall–Kier alpha value is -3.64. The molecule has 0 radical (unpaired) electrons. The van der Waals surface area contributed by atoms with Gasteiger partial charge in [-0.3, -0.25) is 18.9 Å². The zero-order valence-corrected chi connectivity index (χ0v) is 40.0. The van der Waals surface area contributed by atoms with E-state index in [0.717, 1.165) is 16.5 Å². The van der Waals surface area contributed by atoms with Crippen LogP contribution in [-0.4, -0.2) is 112 Å². The van der Waals surface area contributed by atoms with Gasteiger partial charge in [0.1, 0.15) is 18.2 Å². The van der Waals surface area contributed by atoms with Gasteiger partial charge in [-0.1, -0.05) is 112 Å². The Balaban J connectivity index is -0.000000200. The zero-order chi connectivity index (χ0) is 46.2. The molecule has 3 heterocycles. The summed E-state index contributed by atoms with van der Waals surface area (Å²) in [5.74, 6) is 1.92. The highest BCUT2D eigenvalue weighted by molar-refractivity contribution is 7.92. The quantitative estimate of drug-likeness (QED) is 0.276. The summed E-state index contributed by atoms with van der Waals surface area (Å²) in [6.07, 6.45) is 1.24. The number of carboxylic acids is 1. The van der Waals surface area contributed by atoms with Crippen molar-refractivity contribution in [2.45, 2.75) is 180 Å². The number of nitrogens with zero attached hydrogens (tertiary/aromatic N) is 11. The number of aliphatic carboxylic acids is 1. The number of carbonyl (C=O) groups is 3. The van der Waals surface area contributed by atoms with Gasteiger partial charge in [0.15, 0.2) is 40.5 Å². The lowest BCUT2D eigenvalue weighted by Gasteiger charge is -2.21. The maximum absolute atomic E-state index is 10.9. The van der Waals surface area contributed by atoms with Gasteiger partial charge in [0.25, 0.3) is 0 Å². The van der Waals surface area contributed by atoms with Gasteiger partial charge in [0.2, 0.25) is 7.37 Å². The zero-order valence-electron chi connectivity index (χ0n) is 38.3. The number of aliphatic imine (C=N–C) groups is 1. The largest absolute Gasteiger partial charge is 0.480 e. The first kappa shape index (κ1) is 64.5. The highest BCUT2D eigenvalue weighted by atomic mass is 32.2. The van der Waals surface area contributed by atoms with E-state index in [-0.39, 0.29) is 55.8 Å². The standard InChI is InChI=1S/C8H14N4O.C7H12N4O2.C6H12O.C5H9N3.C5H13O2P.C5H12O2S.2CH4/c1-6(13)5-12-7(8(2,3)4)9-10-11-12;1-7(2,3)6-8-10-11(9-6)4-5(12)13;1-5(7)6(2,3)4;1-4(2)5-6-3-7-8-5;2*1-5(2,3)8(4,6)7;;/h5H2,1-4H3;4H2,1-3H3,(H,12,13);1-4H3;4H,3H2,1-2H3;1-4H3,(H,6,7);1-4H3;2*1H4. The maximum Gasteiger partial charge on any atom is 0.327 e. The number of azo groups is 1. The van der Waals surface area contributed by atoms with E-state index < -0.39 is 33.1 Å². The first-order valence-electron chi connectivity index (χ1n) is 18.2. The van der Waals surface area contributed by atoms with Crippen LogP contribution in [0.4, 0.5) is 0 Å². The maximum atomic E-state index is 10.9. The number of rotatable bonds is 5. The molecule has 2 N–H and O–H groups in total. The minimum atomic E-state index is -2.85. The Morgan fingerprint density at radius 3 is 1.46 bits per heavy atom. The highest BCUT2D eigenvalue weighted by Crippen LogP contribution is 2.49. The first-order valence-corrected chi connectivity index (χ1v) is 22.2. The minimum Gasteiger partial charge on any atom is -0.480 e. The molecule has 0 aliphatic carbocycles. The molecule has 21 heteroatoms. The number of tetrazole rings is 2. The highest BCUT2D eigenvalue weighted by Gasteiger charge is 2.28. The molecule has 0 saturated carbocycles. The Morgan fingerprint density at radius 2 is 1.24 bits per heavy atom. The van der Waals surface area contributed by atoms with Gasteiger partial charge in [0.05, 0.1) is 4.75 Å². The fraction of sp³-hybridized carbons (Fsp3) is 0.842. The second-order valence-corrected chi connectivity index (χ2v) is 24.6. The van der Waals surface area contributed by atoms with Crippen LogP contribution in [0, 0.1) is 11.3 Å². The van der Waals surface area contributed by atoms with E-state index >= 15 is 0 Å². The third-order valence-electron chi connectivity index (χ3n) is 7.37. The van der Waals surface area contributed by atoms with Gasteiger partial charge in [-0.05, 0) is 50.3 Å². The molecule has 0 saturated heterocycles. The van der Waals surface area contributed by atoms with Crippen LogP contribution in [0.1, 0.15) is 158 Å². The molecule has 346 valence electrons. The van der Waals surface area contributed by atoms with Gasteiger partial charge in [-0.25, -0.2) is 18.1 Å². The summed E-state index contributed by atoms with van der Waals surface area (Å²) in [6, 6.07) is 0. The van der Waals surface area contributed by atoms with E-state index in [1.807, 2.05) is 62.3 Å². The molecule has 1 aliphatic heterocycles. The molecule has 1 unspecified atom stereocenters. The van der Waals surface area contributed by atoms with Crippen LogP contribution < -0.4 is 0 Å². The van der Waals surface area contributed by atoms with E-state index in [0.29, 0.717) is 18.4 Å². The van der Waals surface area contributed by atoms with Crippen molar-refractivity contribution in [3.8, 4) is 0 Å². The van der Waals surface area contributed by atoms with Crippen molar-refractivity contribution in [1.82, 2.24) is 40.4 Å². The summed E-state index contributed by atoms with van der Waals surface area (Å²) in [7, 11) is -5.69. The normalized spacial score (nSPS) is 13.5. The Labute approximate surface area is 355 Å². The number of carbonyl (C=O) groups excluding carboxylic acids is 2. The molecule has 1 atom stereocenters. The summed E-state index contributed by atoms with van der Waals surface area (Å²) >= 11 is 0. The van der Waals surface area contributed by atoms with Crippen LogP contribution in [0.15, 0.2) is 15.2 Å². The molecule has 2 aromatic heterocycles. The SMILES string of the molecule is C.C.CC(=O)C(C)(C)C.CC(=O)Cn1nnnc1C(C)(C)C.CC(C)(C)P(C)(=O)O.CC(C)(C)S(C)(=O)=O.CC(C)(C)c1nnn(CC(=O)O)n1.CC(C)C1=NCN=N1. The second kappa shape index (κ2) is 25.9. The molecule has 2 aromatic rings. The fourth-order valence-corrected chi connectivity index (χ4v) is 2.33. The predicted molar refractivity (Wildman–Crippen MR) is 237 cm³/mol. The molecule has 3 rings (SSSR count). The lowest BCUT2D eigenvalue weighted by molar-refractivity contribution is -0.138. The predicted octanol–water partition coefficient (Wildman–Crippen LogP) is 7.49. The number of aromatic nitrogens is 8. The molecule has 0 bridgehead atoms. The molecule has 0 spiro atoms. The number of hydrogen-bond donors (Lipinski definition) is 2. The summed E-state index contributed by atoms with van der Waals surface area (Å²) in [6.45, 7) is 37.1. The Morgan fingerprint density at radius 1 is 0.814 bits per heavy atom. The average molecular weight is 882 g/mol. The van der Waals surface area contributed by atoms with Crippen LogP contribution in [0.5, 0.6) is 0 Å². The van der Waals surface area contributed by atoms with Crippen LogP contribution >= 0.6 is 7.37 Å². The summed E-state index contributed by atoms with van der Waals surface area (Å²) in [5.41, 5.74) is -0.463. The molecular weight excluding hydrogens is 802 g/mol. The third kappa shape index (κ3) is 30.1. The van der Waals surface area contributed by atoms with Crippen molar-refractivity contribution in [3.63, 3.8) is 0 Å². The van der Waals surface area contributed by atoms with Crippen molar-refractivity contribution in [2.24, 2.45) is 26.6 Å². The Kier molecular flexibility index (Phi) is 28.3. The van der Waals surface area contributed by atoms with Gasteiger partial charge in [0, 0.05) is 40.2 Å². The van der Waals surface area contributed by atoms with Gasteiger partial charge >= 0.3 is 5.97 Å². The molecular formula is C38H80N11O8PS. The van der Waals surface area contributed by atoms with Gasteiger partial charge in [-0.2, -0.15) is 9.91 Å². The number of ketones is 2. The number of hydrogen-bond acceptors (Lipinski definition) is 15. The van der Waals surface area contributed by atoms with Gasteiger partial charge in [-0.15, -0.1) is 20.4 Å². The van der Waals surface area contributed by atoms with E-state index in [4.69, 9.17) is 10.00 Å². The molecule has 1 aliphatic rings.